The summed E-state index contributed by atoms with van der Waals surface area (Å²) < 4.78 is 4.84. The molecular weight excluding hydrogens is 444 g/mol. The molecule has 0 radical (unpaired) electrons. The zero-order chi connectivity index (χ0) is 20.9. The largest absolute Gasteiger partial charge is 1.00 e. The second kappa shape index (κ2) is 15.0. The number of imidazole rings is 1. The van der Waals surface area contributed by atoms with E-state index in [0.717, 1.165) is 13.1 Å². The van der Waals surface area contributed by atoms with Crippen LogP contribution in [-0.4, -0.2) is 4.57 Å². The van der Waals surface area contributed by atoms with Crippen LogP contribution in [0.1, 0.15) is 76.7 Å². The summed E-state index contributed by atoms with van der Waals surface area (Å²) in [5, 5.41) is 0. The van der Waals surface area contributed by atoms with Crippen molar-refractivity contribution in [3.63, 3.8) is 0 Å². The number of nitrogens with zero attached hydrogens (tertiary/aromatic N) is 2. The zero-order valence-corrected chi connectivity index (χ0v) is 20.8. The third-order valence-corrected chi connectivity index (χ3v) is 5.95. The lowest BCUT2D eigenvalue weighted by Gasteiger charge is -2.06. The van der Waals surface area contributed by atoms with E-state index in [1.165, 1.54) is 81.2 Å². The molecule has 3 rings (SSSR count). The van der Waals surface area contributed by atoms with Crippen molar-refractivity contribution in [2.75, 3.05) is 0 Å². The molecule has 0 unspecified atom stereocenters. The molecule has 1 aromatic heterocycles. The third kappa shape index (κ3) is 8.65. The lowest BCUT2D eigenvalue weighted by atomic mass is 10.1. The molecule has 168 valence electrons. The van der Waals surface area contributed by atoms with Gasteiger partial charge in [-0.05, 0) is 30.5 Å². The maximum absolute atomic E-state index is 2.45. The van der Waals surface area contributed by atoms with Crippen LogP contribution < -0.4 is 21.5 Å². The van der Waals surface area contributed by atoms with Gasteiger partial charge < -0.3 is 17.0 Å². The highest BCUT2D eigenvalue weighted by atomic mass is 79.9. The Morgan fingerprint density at radius 2 is 1.23 bits per heavy atom. The number of benzene rings is 2. The van der Waals surface area contributed by atoms with Crippen molar-refractivity contribution >= 4 is 0 Å². The van der Waals surface area contributed by atoms with Gasteiger partial charge >= 0.3 is 0 Å². The minimum atomic E-state index is 0. The van der Waals surface area contributed by atoms with Crippen LogP contribution in [0.5, 0.6) is 0 Å². The Morgan fingerprint density at radius 1 is 0.677 bits per heavy atom. The molecule has 0 amide bonds. The van der Waals surface area contributed by atoms with E-state index in [2.05, 4.69) is 89.1 Å². The summed E-state index contributed by atoms with van der Waals surface area (Å²) in [5.74, 6) is 1.32. The summed E-state index contributed by atoms with van der Waals surface area (Å²) in [5.41, 5.74) is 2.64. The van der Waals surface area contributed by atoms with Gasteiger partial charge in [-0.3, -0.25) is 0 Å². The van der Waals surface area contributed by atoms with Crippen LogP contribution >= 0.6 is 0 Å². The number of halogens is 1. The summed E-state index contributed by atoms with van der Waals surface area (Å²) in [6.45, 7) is 4.30. The number of rotatable bonds is 14. The normalized spacial score (nSPS) is 10.7. The Hall–Kier alpha value is -1.87. The van der Waals surface area contributed by atoms with Crippen molar-refractivity contribution in [2.24, 2.45) is 0 Å². The van der Waals surface area contributed by atoms with Gasteiger partial charge in [-0.15, -0.1) is 0 Å². The molecule has 0 aliphatic heterocycles. The molecular formula is C28H39BrN2. The lowest BCUT2D eigenvalue weighted by molar-refractivity contribution is -0.676. The highest BCUT2D eigenvalue weighted by Gasteiger charge is 2.19. The lowest BCUT2D eigenvalue weighted by Crippen LogP contribution is -3.00. The molecule has 2 aromatic carbocycles. The second-order valence-electron chi connectivity index (χ2n) is 8.48. The standard InChI is InChI=1S/C28H39N2.BrH/c1-2-3-4-5-6-7-8-9-10-17-22-29-23-24-30(25-26-18-13-11-14-19-26)28(29)27-20-15-12-16-21-27;/h11-16,18-21,23-24H,2-10,17,22,25H2,1H3;1H/q+1;/p-1. The minimum Gasteiger partial charge on any atom is -1.00 e. The van der Waals surface area contributed by atoms with Crippen molar-refractivity contribution in [3.8, 4) is 11.4 Å². The van der Waals surface area contributed by atoms with E-state index in [1.807, 2.05) is 0 Å². The van der Waals surface area contributed by atoms with Crippen molar-refractivity contribution < 1.29 is 21.5 Å². The van der Waals surface area contributed by atoms with Crippen LogP contribution in [0.15, 0.2) is 73.1 Å². The van der Waals surface area contributed by atoms with Gasteiger partial charge in [-0.25, -0.2) is 9.13 Å². The molecule has 1 heterocycles. The van der Waals surface area contributed by atoms with Crippen molar-refractivity contribution in [1.82, 2.24) is 4.57 Å². The SMILES string of the molecule is CCCCCCCCCCCCn1cc[n+](Cc2ccccc2)c1-c1ccccc1.[Br-]. The summed E-state index contributed by atoms with van der Waals surface area (Å²) in [6, 6.07) is 21.6. The average molecular weight is 484 g/mol. The van der Waals surface area contributed by atoms with Crippen LogP contribution in [0.4, 0.5) is 0 Å². The molecule has 0 aliphatic carbocycles. The predicted octanol–water partition coefficient (Wildman–Crippen LogP) is 4.42. The first-order chi connectivity index (χ1) is 14.9. The van der Waals surface area contributed by atoms with E-state index >= 15 is 0 Å². The van der Waals surface area contributed by atoms with Gasteiger partial charge in [0.15, 0.2) is 0 Å². The van der Waals surface area contributed by atoms with Crippen molar-refractivity contribution in [1.29, 1.82) is 0 Å². The van der Waals surface area contributed by atoms with Gasteiger partial charge in [-0.2, -0.15) is 0 Å². The molecule has 0 saturated heterocycles. The fraction of sp³-hybridized carbons (Fsp3) is 0.464. The van der Waals surface area contributed by atoms with E-state index in [9.17, 15) is 0 Å². The quantitative estimate of drug-likeness (QED) is 0.237. The number of aromatic nitrogens is 2. The number of hydrogen-bond acceptors (Lipinski definition) is 0. The Balaban J connectivity index is 0.00000341. The highest BCUT2D eigenvalue weighted by Crippen LogP contribution is 2.18. The number of hydrogen-bond donors (Lipinski definition) is 0. The summed E-state index contributed by atoms with van der Waals surface area (Å²) in [4.78, 5) is 0. The highest BCUT2D eigenvalue weighted by molar-refractivity contribution is 5.52. The van der Waals surface area contributed by atoms with Crippen LogP contribution in [0.2, 0.25) is 0 Å². The van der Waals surface area contributed by atoms with Gasteiger partial charge in [0.05, 0.1) is 12.1 Å². The Morgan fingerprint density at radius 3 is 1.84 bits per heavy atom. The Kier molecular flexibility index (Phi) is 12.3. The fourth-order valence-electron chi connectivity index (χ4n) is 4.24. The van der Waals surface area contributed by atoms with Crippen LogP contribution in [0.25, 0.3) is 11.4 Å². The first kappa shape index (κ1) is 25.4. The number of unbranched alkanes of at least 4 members (excludes halogenated alkanes) is 9. The Bertz CT molecular complexity index is 827. The monoisotopic (exact) mass is 482 g/mol. The maximum atomic E-state index is 2.45. The van der Waals surface area contributed by atoms with E-state index in [4.69, 9.17) is 0 Å². The number of aryl methyl sites for hydroxylation is 1. The van der Waals surface area contributed by atoms with Gasteiger partial charge in [0, 0.05) is 0 Å². The Labute approximate surface area is 200 Å². The molecule has 3 aromatic rings. The second-order valence-corrected chi connectivity index (χ2v) is 8.48. The maximum Gasteiger partial charge on any atom is 0.289 e. The van der Waals surface area contributed by atoms with Gasteiger partial charge in [0.25, 0.3) is 5.82 Å². The summed E-state index contributed by atoms with van der Waals surface area (Å²) in [6.07, 6.45) is 18.3. The molecule has 0 aliphatic rings. The minimum absolute atomic E-state index is 0. The summed E-state index contributed by atoms with van der Waals surface area (Å²) in [7, 11) is 0. The molecule has 31 heavy (non-hydrogen) atoms. The first-order valence-electron chi connectivity index (χ1n) is 12.1. The zero-order valence-electron chi connectivity index (χ0n) is 19.2. The van der Waals surface area contributed by atoms with Crippen LogP contribution in [-0.2, 0) is 13.1 Å². The average Bonchev–Trinajstić information content (AvgIpc) is 3.18. The molecule has 2 nitrogen and oxygen atoms in total. The fourth-order valence-corrected chi connectivity index (χ4v) is 4.24. The van der Waals surface area contributed by atoms with Gasteiger partial charge in [-0.1, -0.05) is 107 Å². The smallest absolute Gasteiger partial charge is 0.289 e. The van der Waals surface area contributed by atoms with E-state index < -0.39 is 0 Å². The summed E-state index contributed by atoms with van der Waals surface area (Å²) >= 11 is 0. The molecule has 0 spiro atoms. The van der Waals surface area contributed by atoms with Crippen molar-refractivity contribution in [3.05, 3.63) is 78.6 Å². The van der Waals surface area contributed by atoms with Gasteiger partial charge in [0.2, 0.25) is 0 Å². The molecule has 0 atom stereocenters. The van der Waals surface area contributed by atoms with E-state index in [-0.39, 0.29) is 17.0 Å². The van der Waals surface area contributed by atoms with Crippen molar-refractivity contribution in [2.45, 2.75) is 84.2 Å². The van der Waals surface area contributed by atoms with Crippen LogP contribution in [0.3, 0.4) is 0 Å². The molecule has 0 saturated carbocycles. The van der Waals surface area contributed by atoms with E-state index in [0.29, 0.717) is 0 Å². The molecule has 3 heteroatoms. The first-order valence-corrected chi connectivity index (χ1v) is 12.1. The molecule has 0 fully saturated rings. The van der Waals surface area contributed by atoms with E-state index in [1.54, 1.807) is 0 Å². The molecule has 0 N–H and O–H groups in total. The van der Waals surface area contributed by atoms with Crippen LogP contribution in [0, 0.1) is 0 Å². The molecule has 0 bridgehead atoms. The van der Waals surface area contributed by atoms with Gasteiger partial charge in [0.1, 0.15) is 18.9 Å². The topological polar surface area (TPSA) is 8.81 Å². The predicted molar refractivity (Wildman–Crippen MR) is 127 cm³/mol. The third-order valence-electron chi connectivity index (χ3n) is 5.95.